The number of rotatable bonds is 9. The minimum atomic E-state index is -4.52. The van der Waals surface area contributed by atoms with Gasteiger partial charge in [-0.05, 0) is 71.0 Å². The van der Waals surface area contributed by atoms with Crippen molar-refractivity contribution in [3.05, 3.63) is 114 Å². The molecule has 10 heteroatoms. The summed E-state index contributed by atoms with van der Waals surface area (Å²) in [6.45, 7) is 2.49. The van der Waals surface area contributed by atoms with Crippen molar-refractivity contribution in [1.82, 2.24) is 10.2 Å². The first-order valence-electron chi connectivity index (χ1n) is 15.8. The SMILES string of the molecule is O=C(NCC(F)(F)F)C1(CCCCN2CCN(c3ccc(-c4ccccc4C(F)(F)F)cc3)CC2)c2ccccc2-c2ccccc21. The number of benzene rings is 4. The molecule has 1 heterocycles. The van der Waals surface area contributed by atoms with Crippen molar-refractivity contribution in [1.29, 1.82) is 0 Å². The van der Waals surface area contributed by atoms with Gasteiger partial charge in [0.1, 0.15) is 12.0 Å². The second kappa shape index (κ2) is 13.1. The average Bonchev–Trinajstić information content (AvgIpc) is 3.36. The number of carbonyl (C=O) groups is 1. The summed E-state index contributed by atoms with van der Waals surface area (Å²) in [5.41, 5.74) is 2.98. The van der Waals surface area contributed by atoms with E-state index in [4.69, 9.17) is 0 Å². The third-order valence-corrected chi connectivity index (χ3v) is 9.33. The molecule has 1 saturated heterocycles. The molecule has 4 aromatic carbocycles. The Balaban J connectivity index is 1.08. The number of halogens is 6. The van der Waals surface area contributed by atoms with Gasteiger partial charge in [0, 0.05) is 31.9 Å². The van der Waals surface area contributed by atoms with Crippen molar-refractivity contribution in [2.45, 2.75) is 37.0 Å². The lowest BCUT2D eigenvalue weighted by molar-refractivity contribution is -0.141. The van der Waals surface area contributed by atoms with Crippen molar-refractivity contribution >= 4 is 11.6 Å². The number of alkyl halides is 6. The summed E-state index contributed by atoms with van der Waals surface area (Å²) in [7, 11) is 0. The second-order valence-corrected chi connectivity index (χ2v) is 12.2. The largest absolute Gasteiger partial charge is 0.417 e. The molecule has 4 nitrogen and oxygen atoms in total. The predicted octanol–water partition coefficient (Wildman–Crippen LogP) is 8.31. The van der Waals surface area contributed by atoms with Crippen LogP contribution < -0.4 is 10.2 Å². The summed E-state index contributed by atoms with van der Waals surface area (Å²) < 4.78 is 80.0. The lowest BCUT2D eigenvalue weighted by Gasteiger charge is -2.36. The first kappa shape index (κ1) is 32.6. The van der Waals surface area contributed by atoms with E-state index in [1.165, 1.54) is 12.1 Å². The molecule has 1 aliphatic heterocycles. The summed E-state index contributed by atoms with van der Waals surface area (Å²) in [5, 5.41) is 2.19. The minimum Gasteiger partial charge on any atom is -0.369 e. The van der Waals surface area contributed by atoms with Gasteiger partial charge in [0.05, 0.1) is 5.56 Å². The van der Waals surface area contributed by atoms with Gasteiger partial charge in [0.2, 0.25) is 5.91 Å². The number of piperazine rings is 1. The van der Waals surface area contributed by atoms with Crippen LogP contribution in [0.1, 0.15) is 36.0 Å². The van der Waals surface area contributed by atoms with E-state index >= 15 is 0 Å². The molecular weight excluding hydrogens is 616 g/mol. The van der Waals surface area contributed by atoms with E-state index in [9.17, 15) is 31.1 Å². The lowest BCUT2D eigenvalue weighted by Crippen LogP contribution is -2.47. The zero-order valence-electron chi connectivity index (χ0n) is 25.7. The molecule has 246 valence electrons. The maximum Gasteiger partial charge on any atom is 0.417 e. The molecule has 1 aliphatic carbocycles. The first-order valence-corrected chi connectivity index (χ1v) is 15.8. The van der Waals surface area contributed by atoms with E-state index in [1.54, 1.807) is 18.2 Å². The molecule has 0 radical (unpaired) electrons. The number of anilines is 1. The maximum atomic E-state index is 13.7. The molecule has 0 bridgehead atoms. The van der Waals surface area contributed by atoms with Gasteiger partial charge in [-0.15, -0.1) is 0 Å². The number of nitrogens with one attached hydrogen (secondary N) is 1. The Kier molecular flexibility index (Phi) is 9.07. The Morgan fingerprint density at radius 1 is 0.681 bits per heavy atom. The van der Waals surface area contributed by atoms with Crippen LogP contribution >= 0.6 is 0 Å². The zero-order chi connectivity index (χ0) is 33.2. The molecule has 0 saturated carbocycles. The van der Waals surface area contributed by atoms with Crippen LogP contribution in [0, 0.1) is 0 Å². The number of unbranched alkanes of at least 4 members (excludes halogenated alkanes) is 1. The Hall–Kier alpha value is -4.31. The third-order valence-electron chi connectivity index (χ3n) is 9.33. The van der Waals surface area contributed by atoms with Crippen molar-refractivity contribution < 1.29 is 31.1 Å². The van der Waals surface area contributed by atoms with Gasteiger partial charge in [-0.2, -0.15) is 26.3 Å². The van der Waals surface area contributed by atoms with E-state index in [-0.39, 0.29) is 5.56 Å². The highest BCUT2D eigenvalue weighted by atomic mass is 19.4. The molecule has 1 amide bonds. The van der Waals surface area contributed by atoms with Gasteiger partial charge in [0.25, 0.3) is 0 Å². The van der Waals surface area contributed by atoms with Crippen LogP contribution in [-0.4, -0.2) is 56.3 Å². The molecule has 1 fully saturated rings. The van der Waals surface area contributed by atoms with Crippen molar-refractivity contribution in [3.8, 4) is 22.3 Å². The first-order chi connectivity index (χ1) is 22.5. The van der Waals surface area contributed by atoms with Crippen LogP contribution in [-0.2, 0) is 16.4 Å². The quantitative estimate of drug-likeness (QED) is 0.146. The Bertz CT molecular complexity index is 1660. The Labute approximate surface area is 270 Å². The van der Waals surface area contributed by atoms with E-state index in [0.29, 0.717) is 18.4 Å². The van der Waals surface area contributed by atoms with Crippen molar-refractivity contribution in [3.63, 3.8) is 0 Å². The molecule has 0 unspecified atom stereocenters. The highest BCUT2D eigenvalue weighted by Crippen LogP contribution is 2.51. The zero-order valence-corrected chi connectivity index (χ0v) is 25.7. The van der Waals surface area contributed by atoms with Gasteiger partial charge < -0.3 is 10.2 Å². The molecule has 0 spiro atoms. The summed E-state index contributed by atoms with van der Waals surface area (Å²) in [5.74, 6) is -0.631. The van der Waals surface area contributed by atoms with Gasteiger partial charge in [-0.3, -0.25) is 9.69 Å². The third kappa shape index (κ3) is 6.74. The van der Waals surface area contributed by atoms with Crippen molar-refractivity contribution in [2.24, 2.45) is 0 Å². The number of carbonyl (C=O) groups excluding carboxylic acids is 1. The lowest BCUT2D eigenvalue weighted by atomic mass is 9.73. The second-order valence-electron chi connectivity index (χ2n) is 12.2. The van der Waals surface area contributed by atoms with E-state index < -0.39 is 35.8 Å². The summed E-state index contributed by atoms with van der Waals surface area (Å²) in [4.78, 5) is 18.2. The van der Waals surface area contributed by atoms with Crippen LogP contribution in [0.4, 0.5) is 32.0 Å². The highest BCUT2D eigenvalue weighted by molar-refractivity contribution is 6.00. The smallest absolute Gasteiger partial charge is 0.369 e. The summed E-state index contributed by atoms with van der Waals surface area (Å²) in [6.07, 6.45) is -7.15. The van der Waals surface area contributed by atoms with Crippen LogP contribution in [0.2, 0.25) is 0 Å². The van der Waals surface area contributed by atoms with Crippen LogP contribution in [0.25, 0.3) is 22.3 Å². The van der Waals surface area contributed by atoms with Crippen LogP contribution in [0.5, 0.6) is 0 Å². The molecule has 4 aromatic rings. The molecule has 6 rings (SSSR count). The van der Waals surface area contributed by atoms with E-state index in [0.717, 1.165) is 73.2 Å². The minimum absolute atomic E-state index is 0.153. The molecule has 2 aliphatic rings. The average molecular weight is 652 g/mol. The van der Waals surface area contributed by atoms with Gasteiger partial charge in [-0.1, -0.05) is 85.3 Å². The fourth-order valence-corrected chi connectivity index (χ4v) is 7.07. The normalized spacial score (nSPS) is 16.1. The number of amides is 1. The van der Waals surface area contributed by atoms with E-state index in [1.807, 2.05) is 60.7 Å². The fraction of sp³-hybridized carbons (Fsp3) is 0.324. The summed E-state index contributed by atoms with van der Waals surface area (Å²) in [6, 6.07) is 27.7. The van der Waals surface area contributed by atoms with Gasteiger partial charge in [-0.25, -0.2) is 0 Å². The Morgan fingerprint density at radius 3 is 1.81 bits per heavy atom. The topological polar surface area (TPSA) is 35.6 Å². The molecule has 1 N–H and O–H groups in total. The molecule has 0 atom stereocenters. The van der Waals surface area contributed by atoms with Crippen LogP contribution in [0.3, 0.4) is 0 Å². The number of hydrogen-bond donors (Lipinski definition) is 1. The van der Waals surface area contributed by atoms with Crippen molar-refractivity contribution in [2.75, 3.05) is 44.2 Å². The highest BCUT2D eigenvalue weighted by Gasteiger charge is 2.49. The summed E-state index contributed by atoms with van der Waals surface area (Å²) >= 11 is 0. The van der Waals surface area contributed by atoms with Gasteiger partial charge in [0.15, 0.2) is 0 Å². The number of fused-ring (bicyclic) bond motifs is 3. The van der Waals surface area contributed by atoms with E-state index in [2.05, 4.69) is 15.1 Å². The predicted molar refractivity (Wildman–Crippen MR) is 171 cm³/mol. The number of nitrogens with zero attached hydrogens (tertiary/aromatic N) is 2. The number of hydrogen-bond acceptors (Lipinski definition) is 3. The van der Waals surface area contributed by atoms with Crippen LogP contribution in [0.15, 0.2) is 97.1 Å². The van der Waals surface area contributed by atoms with Gasteiger partial charge >= 0.3 is 12.4 Å². The molecule has 47 heavy (non-hydrogen) atoms. The monoisotopic (exact) mass is 651 g/mol. The fourth-order valence-electron chi connectivity index (χ4n) is 7.07. The molecule has 0 aromatic heterocycles. The molecular formula is C37H35F6N3O. The standard InChI is InChI=1S/C37H35F6N3O/c38-36(39,40)25-44-34(47)35(31-12-4-2-10-29(31)30-11-3-5-13-32(30)35)19-7-8-20-45-21-23-46(24-22-45)27-17-15-26(16-18-27)28-9-1-6-14-33(28)37(41,42)43/h1-6,9-18H,7-8,19-25H2,(H,44,47). The maximum absolute atomic E-state index is 13.7. The Morgan fingerprint density at radius 2 is 1.23 bits per heavy atom.